The summed E-state index contributed by atoms with van der Waals surface area (Å²) in [6.45, 7) is 2.49. The smallest absolute Gasteiger partial charge is 0.334 e. The second-order valence-corrected chi connectivity index (χ2v) is 5.29. The van der Waals surface area contributed by atoms with Crippen molar-refractivity contribution >= 4 is 11.9 Å². The van der Waals surface area contributed by atoms with Crippen LogP contribution in [0.25, 0.3) is 5.69 Å². The van der Waals surface area contributed by atoms with Gasteiger partial charge in [0.1, 0.15) is 12.7 Å². The molecule has 0 aliphatic carbocycles. The average Bonchev–Trinajstić information content (AvgIpc) is 3.08. The van der Waals surface area contributed by atoms with Crippen molar-refractivity contribution in [1.82, 2.24) is 19.7 Å². The normalized spacial score (nSPS) is 18.0. The van der Waals surface area contributed by atoms with Crippen LogP contribution in [0.4, 0.5) is 0 Å². The summed E-state index contributed by atoms with van der Waals surface area (Å²) in [4.78, 5) is 29.1. The SMILES string of the molecule is Cc1cc(-n2cncn2)ccc1C(=O)N1CCO[C@@H](C(=O)O)C1. The number of aromatic nitrogens is 3. The molecule has 3 rings (SSSR count). The predicted molar refractivity (Wildman–Crippen MR) is 79.4 cm³/mol. The molecule has 1 aromatic heterocycles. The zero-order valence-electron chi connectivity index (χ0n) is 12.5. The van der Waals surface area contributed by atoms with Crippen molar-refractivity contribution in [2.24, 2.45) is 0 Å². The molecule has 1 atom stereocenters. The molecule has 8 heteroatoms. The van der Waals surface area contributed by atoms with Crippen LogP contribution in [0, 0.1) is 6.92 Å². The zero-order valence-corrected chi connectivity index (χ0v) is 12.5. The van der Waals surface area contributed by atoms with Crippen molar-refractivity contribution in [3.63, 3.8) is 0 Å². The number of amides is 1. The van der Waals surface area contributed by atoms with Crippen molar-refractivity contribution in [2.45, 2.75) is 13.0 Å². The van der Waals surface area contributed by atoms with E-state index < -0.39 is 12.1 Å². The van der Waals surface area contributed by atoms with Crippen molar-refractivity contribution < 1.29 is 19.4 Å². The van der Waals surface area contributed by atoms with E-state index in [0.717, 1.165) is 11.3 Å². The molecule has 120 valence electrons. The Balaban J connectivity index is 1.81. The van der Waals surface area contributed by atoms with Crippen LogP contribution in [-0.2, 0) is 9.53 Å². The van der Waals surface area contributed by atoms with Gasteiger partial charge >= 0.3 is 5.97 Å². The molecule has 2 aromatic rings. The van der Waals surface area contributed by atoms with Gasteiger partial charge in [0.2, 0.25) is 0 Å². The second-order valence-electron chi connectivity index (χ2n) is 5.29. The fraction of sp³-hybridized carbons (Fsp3) is 0.333. The van der Waals surface area contributed by atoms with Gasteiger partial charge in [0.25, 0.3) is 5.91 Å². The highest BCUT2D eigenvalue weighted by Crippen LogP contribution is 2.17. The topological polar surface area (TPSA) is 97.5 Å². The molecule has 1 amide bonds. The summed E-state index contributed by atoms with van der Waals surface area (Å²) in [7, 11) is 0. The lowest BCUT2D eigenvalue weighted by Crippen LogP contribution is -2.48. The molecule has 1 aliphatic heterocycles. The van der Waals surface area contributed by atoms with E-state index >= 15 is 0 Å². The summed E-state index contributed by atoms with van der Waals surface area (Å²) in [5.41, 5.74) is 2.14. The monoisotopic (exact) mass is 316 g/mol. The molecule has 2 heterocycles. The summed E-state index contributed by atoms with van der Waals surface area (Å²) in [6.07, 6.45) is 2.05. The fourth-order valence-corrected chi connectivity index (χ4v) is 2.53. The summed E-state index contributed by atoms with van der Waals surface area (Å²) in [5.74, 6) is -1.25. The van der Waals surface area contributed by atoms with Gasteiger partial charge in [0.05, 0.1) is 18.8 Å². The quantitative estimate of drug-likeness (QED) is 0.885. The average molecular weight is 316 g/mol. The number of carbonyl (C=O) groups excluding carboxylic acids is 1. The number of aryl methyl sites for hydroxylation is 1. The van der Waals surface area contributed by atoms with Gasteiger partial charge in [0, 0.05) is 12.1 Å². The maximum atomic E-state index is 12.6. The van der Waals surface area contributed by atoms with E-state index in [1.54, 1.807) is 23.1 Å². The van der Waals surface area contributed by atoms with E-state index in [2.05, 4.69) is 10.1 Å². The number of carboxylic acids is 1. The van der Waals surface area contributed by atoms with Crippen molar-refractivity contribution in [2.75, 3.05) is 19.7 Å². The summed E-state index contributed by atoms with van der Waals surface area (Å²) in [6, 6.07) is 5.35. The first-order valence-electron chi connectivity index (χ1n) is 7.15. The number of rotatable bonds is 3. The van der Waals surface area contributed by atoms with Crippen LogP contribution in [0.3, 0.4) is 0 Å². The van der Waals surface area contributed by atoms with Crippen LogP contribution in [0.2, 0.25) is 0 Å². The molecule has 0 bridgehead atoms. The molecule has 0 unspecified atom stereocenters. The third kappa shape index (κ3) is 3.07. The molecule has 8 nitrogen and oxygen atoms in total. The van der Waals surface area contributed by atoms with E-state index in [-0.39, 0.29) is 19.1 Å². The molecule has 1 fully saturated rings. The van der Waals surface area contributed by atoms with Gasteiger partial charge in [-0.05, 0) is 30.7 Å². The molecular weight excluding hydrogens is 300 g/mol. The number of hydrogen-bond acceptors (Lipinski definition) is 5. The van der Waals surface area contributed by atoms with E-state index in [1.807, 2.05) is 13.0 Å². The van der Waals surface area contributed by atoms with Crippen LogP contribution in [0.5, 0.6) is 0 Å². The van der Waals surface area contributed by atoms with Crippen LogP contribution in [0.15, 0.2) is 30.9 Å². The minimum atomic E-state index is -1.05. The largest absolute Gasteiger partial charge is 0.479 e. The fourth-order valence-electron chi connectivity index (χ4n) is 2.53. The van der Waals surface area contributed by atoms with Crippen molar-refractivity contribution in [3.8, 4) is 5.69 Å². The van der Waals surface area contributed by atoms with Gasteiger partial charge < -0.3 is 14.7 Å². The minimum absolute atomic E-state index is 0.0540. The molecule has 1 aromatic carbocycles. The Kier molecular flexibility index (Phi) is 4.07. The van der Waals surface area contributed by atoms with Crippen LogP contribution >= 0.6 is 0 Å². The Hall–Kier alpha value is -2.74. The Morgan fingerprint density at radius 2 is 2.22 bits per heavy atom. The van der Waals surface area contributed by atoms with Gasteiger partial charge in [-0.2, -0.15) is 5.10 Å². The Morgan fingerprint density at radius 3 is 2.87 bits per heavy atom. The zero-order chi connectivity index (χ0) is 16.4. The molecular formula is C15H16N4O4. The third-order valence-electron chi connectivity index (χ3n) is 3.75. The maximum absolute atomic E-state index is 12.6. The highest BCUT2D eigenvalue weighted by Gasteiger charge is 2.29. The number of carbonyl (C=O) groups is 2. The molecule has 23 heavy (non-hydrogen) atoms. The Morgan fingerprint density at radius 1 is 1.39 bits per heavy atom. The van der Waals surface area contributed by atoms with E-state index in [4.69, 9.17) is 9.84 Å². The van der Waals surface area contributed by atoms with E-state index in [9.17, 15) is 9.59 Å². The van der Waals surface area contributed by atoms with Crippen molar-refractivity contribution in [1.29, 1.82) is 0 Å². The highest BCUT2D eigenvalue weighted by atomic mass is 16.5. The molecule has 1 aliphatic rings. The second kappa shape index (κ2) is 6.17. The number of aliphatic carboxylic acids is 1. The lowest BCUT2D eigenvalue weighted by atomic mass is 10.1. The van der Waals surface area contributed by atoms with Gasteiger partial charge in [-0.1, -0.05) is 0 Å². The van der Waals surface area contributed by atoms with E-state index in [1.165, 1.54) is 11.2 Å². The van der Waals surface area contributed by atoms with Gasteiger partial charge in [-0.3, -0.25) is 4.79 Å². The predicted octanol–water partition coefficient (Wildman–Crippen LogP) is 0.501. The van der Waals surface area contributed by atoms with Crippen LogP contribution in [0.1, 0.15) is 15.9 Å². The molecule has 1 saturated heterocycles. The molecule has 0 radical (unpaired) electrons. The third-order valence-corrected chi connectivity index (χ3v) is 3.75. The summed E-state index contributed by atoms with van der Waals surface area (Å²) >= 11 is 0. The number of nitrogens with zero attached hydrogens (tertiary/aromatic N) is 4. The first-order chi connectivity index (χ1) is 11.1. The minimum Gasteiger partial charge on any atom is -0.479 e. The first kappa shape index (κ1) is 15.2. The number of ether oxygens (including phenoxy) is 1. The van der Waals surface area contributed by atoms with Crippen molar-refractivity contribution in [3.05, 3.63) is 42.0 Å². The van der Waals surface area contributed by atoms with Gasteiger partial charge in [0.15, 0.2) is 6.10 Å². The standard InChI is InChI=1S/C15H16N4O4/c1-10-6-11(19-9-16-8-17-19)2-3-12(10)14(20)18-4-5-23-13(7-18)15(21)22/h2-3,6,8-9,13H,4-5,7H2,1H3,(H,21,22)/t13-/m1/s1. The van der Waals surface area contributed by atoms with Crippen LogP contribution in [-0.4, -0.2) is 62.4 Å². The highest BCUT2D eigenvalue weighted by molar-refractivity contribution is 5.96. The lowest BCUT2D eigenvalue weighted by molar-refractivity contribution is -0.154. The van der Waals surface area contributed by atoms with Gasteiger partial charge in [-0.15, -0.1) is 0 Å². The van der Waals surface area contributed by atoms with E-state index in [0.29, 0.717) is 12.1 Å². The molecule has 0 spiro atoms. The number of hydrogen-bond donors (Lipinski definition) is 1. The molecule has 1 N–H and O–H groups in total. The van der Waals surface area contributed by atoms with Crippen LogP contribution < -0.4 is 0 Å². The number of benzene rings is 1. The Labute approximate surface area is 132 Å². The Bertz CT molecular complexity index is 729. The van der Waals surface area contributed by atoms with Gasteiger partial charge in [-0.25, -0.2) is 14.5 Å². The number of carboxylic acid groups (broad SMARTS) is 1. The summed E-state index contributed by atoms with van der Waals surface area (Å²) in [5, 5.41) is 13.1. The summed E-state index contributed by atoms with van der Waals surface area (Å²) < 4.78 is 6.75. The lowest BCUT2D eigenvalue weighted by Gasteiger charge is -2.31. The number of morpholine rings is 1. The molecule has 0 saturated carbocycles. The maximum Gasteiger partial charge on any atom is 0.334 e. The first-order valence-corrected chi connectivity index (χ1v) is 7.15.